The van der Waals surface area contributed by atoms with Crippen LogP contribution < -0.4 is 10.4 Å². The van der Waals surface area contributed by atoms with Crippen molar-refractivity contribution < 1.29 is 4.74 Å². The molecule has 0 unspecified atom stereocenters. The van der Waals surface area contributed by atoms with E-state index < -0.39 is 0 Å². The van der Waals surface area contributed by atoms with E-state index in [-0.39, 0.29) is 5.69 Å². The molecular weight excluding hydrogens is 204 g/mol. The van der Waals surface area contributed by atoms with Gasteiger partial charge in [0.2, 0.25) is 0 Å². The lowest BCUT2D eigenvalue weighted by Crippen LogP contribution is -2.00. The van der Waals surface area contributed by atoms with Gasteiger partial charge in [-0.1, -0.05) is 13.8 Å². The highest BCUT2D eigenvalue weighted by Gasteiger charge is 2.16. The Morgan fingerprint density at radius 2 is 1.88 bits per heavy atom. The van der Waals surface area contributed by atoms with Gasteiger partial charge >= 0.3 is 5.69 Å². The second-order valence-corrected chi connectivity index (χ2v) is 4.29. The van der Waals surface area contributed by atoms with Gasteiger partial charge in [-0.05, 0) is 24.5 Å². The first kappa shape index (κ1) is 10.8. The van der Waals surface area contributed by atoms with Crippen molar-refractivity contribution in [3.05, 3.63) is 27.7 Å². The molecule has 0 radical (unpaired) electrons. The third-order valence-corrected chi connectivity index (χ3v) is 2.80. The largest absolute Gasteiger partial charge is 0.496 e. The van der Waals surface area contributed by atoms with Gasteiger partial charge in [-0.15, -0.1) is 0 Å². The quantitative estimate of drug-likeness (QED) is 0.815. The maximum atomic E-state index is 11.4. The Labute approximate surface area is 93.6 Å². The van der Waals surface area contributed by atoms with E-state index in [1.165, 1.54) is 0 Å². The number of benzene rings is 1. The zero-order valence-electron chi connectivity index (χ0n) is 9.97. The highest BCUT2D eigenvalue weighted by molar-refractivity contribution is 5.84. The Kier molecular flexibility index (Phi) is 2.50. The molecule has 0 aliphatic rings. The van der Waals surface area contributed by atoms with E-state index in [0.717, 1.165) is 27.9 Å². The van der Waals surface area contributed by atoms with Gasteiger partial charge < -0.3 is 14.7 Å². The van der Waals surface area contributed by atoms with Crippen LogP contribution in [0.1, 0.15) is 30.9 Å². The van der Waals surface area contributed by atoms with Crippen LogP contribution in [0.2, 0.25) is 0 Å². The number of rotatable bonds is 2. The van der Waals surface area contributed by atoms with E-state index in [4.69, 9.17) is 4.74 Å². The molecule has 0 aliphatic carbocycles. The third kappa shape index (κ3) is 1.50. The fraction of sp³-hybridized carbons (Fsp3) is 0.417. The van der Waals surface area contributed by atoms with Crippen LogP contribution in [-0.4, -0.2) is 17.1 Å². The number of aryl methyl sites for hydroxylation is 1. The molecule has 1 aromatic carbocycles. The number of ether oxygens (including phenoxy) is 1. The summed E-state index contributed by atoms with van der Waals surface area (Å²) in [5.74, 6) is 1.12. The molecule has 1 aromatic heterocycles. The smallest absolute Gasteiger partial charge is 0.323 e. The van der Waals surface area contributed by atoms with Crippen molar-refractivity contribution in [1.29, 1.82) is 0 Å². The molecule has 1 heterocycles. The predicted molar refractivity (Wildman–Crippen MR) is 64.3 cm³/mol. The van der Waals surface area contributed by atoms with E-state index in [2.05, 4.69) is 23.8 Å². The van der Waals surface area contributed by atoms with Crippen LogP contribution in [0.4, 0.5) is 0 Å². The van der Waals surface area contributed by atoms with E-state index >= 15 is 0 Å². The number of hydrogen-bond acceptors (Lipinski definition) is 2. The molecule has 86 valence electrons. The predicted octanol–water partition coefficient (Wildman–Crippen LogP) is 2.30. The molecule has 0 aliphatic heterocycles. The second kappa shape index (κ2) is 3.70. The minimum absolute atomic E-state index is 0.173. The van der Waals surface area contributed by atoms with Gasteiger partial charge in [0.15, 0.2) is 0 Å². The van der Waals surface area contributed by atoms with Crippen molar-refractivity contribution in [2.75, 3.05) is 7.11 Å². The molecule has 0 atom stereocenters. The first-order chi connectivity index (χ1) is 7.54. The lowest BCUT2D eigenvalue weighted by atomic mass is 9.98. The molecule has 4 heteroatoms. The molecule has 0 saturated carbocycles. The van der Waals surface area contributed by atoms with Crippen molar-refractivity contribution in [3.63, 3.8) is 0 Å². The summed E-state index contributed by atoms with van der Waals surface area (Å²) in [4.78, 5) is 17.0. The molecule has 2 N–H and O–H groups in total. The van der Waals surface area contributed by atoms with Crippen molar-refractivity contribution >= 4 is 11.0 Å². The molecule has 2 aromatic rings. The number of hydrogen-bond donors (Lipinski definition) is 2. The zero-order chi connectivity index (χ0) is 11.9. The Morgan fingerprint density at radius 3 is 2.44 bits per heavy atom. The van der Waals surface area contributed by atoms with Gasteiger partial charge in [-0.3, -0.25) is 0 Å². The third-order valence-electron chi connectivity index (χ3n) is 2.80. The summed E-state index contributed by atoms with van der Waals surface area (Å²) < 4.78 is 5.37. The van der Waals surface area contributed by atoms with Gasteiger partial charge in [0.05, 0.1) is 18.1 Å². The monoisotopic (exact) mass is 220 g/mol. The van der Waals surface area contributed by atoms with E-state index in [1.54, 1.807) is 7.11 Å². The minimum Gasteiger partial charge on any atom is -0.496 e. The normalized spacial score (nSPS) is 11.3. The summed E-state index contributed by atoms with van der Waals surface area (Å²) >= 11 is 0. The van der Waals surface area contributed by atoms with Crippen molar-refractivity contribution in [2.24, 2.45) is 0 Å². The van der Waals surface area contributed by atoms with Crippen molar-refractivity contribution in [1.82, 2.24) is 9.97 Å². The minimum atomic E-state index is -0.173. The Balaban J connectivity index is 2.91. The Bertz CT molecular complexity index is 578. The number of H-pyrrole nitrogens is 2. The second-order valence-electron chi connectivity index (χ2n) is 4.29. The van der Waals surface area contributed by atoms with Crippen LogP contribution >= 0.6 is 0 Å². The Morgan fingerprint density at radius 1 is 1.25 bits per heavy atom. The van der Waals surface area contributed by atoms with Crippen LogP contribution in [0, 0.1) is 6.92 Å². The summed E-state index contributed by atoms with van der Waals surface area (Å²) in [7, 11) is 1.65. The van der Waals surface area contributed by atoms with Gasteiger partial charge in [0.1, 0.15) is 5.75 Å². The first-order valence-electron chi connectivity index (χ1n) is 5.34. The fourth-order valence-corrected chi connectivity index (χ4v) is 2.09. The maximum Gasteiger partial charge on any atom is 0.323 e. The summed E-state index contributed by atoms with van der Waals surface area (Å²) in [6.07, 6.45) is 0. The molecule has 16 heavy (non-hydrogen) atoms. The van der Waals surface area contributed by atoms with Gasteiger partial charge in [0, 0.05) is 5.56 Å². The van der Waals surface area contributed by atoms with Crippen molar-refractivity contribution in [2.45, 2.75) is 26.7 Å². The standard InChI is InChI=1S/C12H16N2O2/c1-6(2)9-8(16-4)5-7(3)10-11(9)14-12(15)13-10/h5-6H,1-4H3,(H2,13,14,15). The lowest BCUT2D eigenvalue weighted by molar-refractivity contribution is 0.408. The molecule has 0 bridgehead atoms. The first-order valence-corrected chi connectivity index (χ1v) is 5.34. The molecule has 0 amide bonds. The molecule has 0 fully saturated rings. The number of fused-ring (bicyclic) bond motifs is 1. The molecule has 0 spiro atoms. The number of methoxy groups -OCH3 is 1. The number of nitrogens with one attached hydrogen (secondary N) is 2. The average molecular weight is 220 g/mol. The summed E-state index contributed by atoms with van der Waals surface area (Å²) in [5.41, 5.74) is 3.61. The van der Waals surface area contributed by atoms with Crippen LogP contribution in [0.5, 0.6) is 5.75 Å². The van der Waals surface area contributed by atoms with Crippen LogP contribution in [0.25, 0.3) is 11.0 Å². The summed E-state index contributed by atoms with van der Waals surface area (Å²) in [5, 5.41) is 0. The molecule has 4 nitrogen and oxygen atoms in total. The van der Waals surface area contributed by atoms with Crippen molar-refractivity contribution in [3.8, 4) is 5.75 Å². The molecular formula is C12H16N2O2. The number of aromatic nitrogens is 2. The highest BCUT2D eigenvalue weighted by atomic mass is 16.5. The van der Waals surface area contributed by atoms with Gasteiger partial charge in [-0.2, -0.15) is 0 Å². The Hall–Kier alpha value is -1.71. The summed E-state index contributed by atoms with van der Waals surface area (Å²) in [6, 6.07) is 1.96. The van der Waals surface area contributed by atoms with Crippen LogP contribution in [-0.2, 0) is 0 Å². The topological polar surface area (TPSA) is 57.9 Å². The molecule has 2 rings (SSSR count). The van der Waals surface area contributed by atoms with Crippen LogP contribution in [0.15, 0.2) is 10.9 Å². The summed E-state index contributed by atoms with van der Waals surface area (Å²) in [6.45, 7) is 6.12. The van der Waals surface area contributed by atoms with E-state index in [0.29, 0.717) is 5.92 Å². The van der Waals surface area contributed by atoms with E-state index in [9.17, 15) is 4.79 Å². The highest BCUT2D eigenvalue weighted by Crippen LogP contribution is 2.33. The number of imidazole rings is 1. The van der Waals surface area contributed by atoms with E-state index in [1.807, 2.05) is 13.0 Å². The fourth-order valence-electron chi connectivity index (χ4n) is 2.09. The maximum absolute atomic E-state index is 11.4. The molecule has 0 saturated heterocycles. The number of aromatic amines is 2. The van der Waals surface area contributed by atoms with Crippen LogP contribution in [0.3, 0.4) is 0 Å². The van der Waals surface area contributed by atoms with Gasteiger partial charge in [0.25, 0.3) is 0 Å². The zero-order valence-corrected chi connectivity index (χ0v) is 9.97. The van der Waals surface area contributed by atoms with Gasteiger partial charge in [-0.25, -0.2) is 4.79 Å². The average Bonchev–Trinajstić information content (AvgIpc) is 2.58. The SMILES string of the molecule is COc1cc(C)c2[nH]c(=O)[nH]c2c1C(C)C. The lowest BCUT2D eigenvalue weighted by Gasteiger charge is -2.13.